The van der Waals surface area contributed by atoms with Gasteiger partial charge in [-0.2, -0.15) is 0 Å². The standard InChI is InChI=1S/C23H24N6O2S/c1-3-29-15(2)16-5-4-6-17(11-16)19-13-28-9-8-24-21(28)22(27-19)31-10-7-18-14-32-20(26-18)12-25-23(29)30/h4-6,8-9,11,13-15H,3,7,10,12H2,1-2H3,(H,25,30)/t15-/m1/s1. The lowest BCUT2D eigenvalue weighted by Gasteiger charge is -2.28. The quantitative estimate of drug-likeness (QED) is 0.474. The van der Waals surface area contributed by atoms with Gasteiger partial charge >= 0.3 is 6.03 Å². The third kappa shape index (κ3) is 3.91. The highest BCUT2D eigenvalue weighted by atomic mass is 32.1. The lowest BCUT2D eigenvalue weighted by atomic mass is 10.0. The highest BCUT2D eigenvalue weighted by Gasteiger charge is 2.21. The Balaban J connectivity index is 1.59. The summed E-state index contributed by atoms with van der Waals surface area (Å²) in [4.78, 5) is 28.6. The van der Waals surface area contributed by atoms with Crippen LogP contribution in [0.3, 0.4) is 0 Å². The largest absolute Gasteiger partial charge is 0.475 e. The van der Waals surface area contributed by atoms with E-state index >= 15 is 0 Å². The number of thiazole rings is 1. The molecule has 1 atom stereocenters. The summed E-state index contributed by atoms with van der Waals surface area (Å²) in [5.41, 5.74) is 4.40. The van der Waals surface area contributed by atoms with E-state index in [-0.39, 0.29) is 12.1 Å². The summed E-state index contributed by atoms with van der Waals surface area (Å²) in [6, 6.07) is 7.94. The monoisotopic (exact) mass is 448 g/mol. The van der Waals surface area contributed by atoms with E-state index in [4.69, 9.17) is 9.72 Å². The fourth-order valence-corrected chi connectivity index (χ4v) is 4.69. The van der Waals surface area contributed by atoms with Crippen molar-refractivity contribution in [1.29, 1.82) is 0 Å². The molecule has 1 aliphatic rings. The first-order valence-electron chi connectivity index (χ1n) is 10.7. The van der Waals surface area contributed by atoms with E-state index in [1.165, 1.54) is 0 Å². The van der Waals surface area contributed by atoms with Crippen LogP contribution in [0, 0.1) is 0 Å². The second-order valence-electron chi connectivity index (χ2n) is 7.67. The Morgan fingerprint density at radius 2 is 2.22 bits per heavy atom. The third-order valence-electron chi connectivity index (χ3n) is 5.66. The Morgan fingerprint density at radius 3 is 3.09 bits per heavy atom. The van der Waals surface area contributed by atoms with Crippen molar-refractivity contribution in [3.05, 3.63) is 64.5 Å². The van der Waals surface area contributed by atoms with Gasteiger partial charge in [0.2, 0.25) is 5.65 Å². The van der Waals surface area contributed by atoms with Gasteiger partial charge in [-0.25, -0.2) is 19.7 Å². The molecule has 5 rings (SSSR count). The minimum absolute atomic E-state index is 0.102. The molecule has 0 unspecified atom stereocenters. The molecule has 4 aromatic rings. The molecule has 0 saturated carbocycles. The third-order valence-corrected chi connectivity index (χ3v) is 6.56. The molecule has 0 radical (unpaired) electrons. The zero-order chi connectivity index (χ0) is 22.1. The van der Waals surface area contributed by atoms with Crippen LogP contribution in [-0.4, -0.2) is 43.4 Å². The van der Waals surface area contributed by atoms with Gasteiger partial charge in [0.1, 0.15) is 5.01 Å². The Morgan fingerprint density at radius 1 is 1.31 bits per heavy atom. The predicted molar refractivity (Wildman–Crippen MR) is 123 cm³/mol. The molecule has 1 aliphatic heterocycles. The van der Waals surface area contributed by atoms with Crippen molar-refractivity contribution in [1.82, 2.24) is 29.6 Å². The fraction of sp³-hybridized carbons (Fsp3) is 0.304. The molecule has 1 N–H and O–H groups in total. The predicted octanol–water partition coefficient (Wildman–Crippen LogP) is 4.08. The van der Waals surface area contributed by atoms with Crippen LogP contribution in [0.15, 0.2) is 48.2 Å². The summed E-state index contributed by atoms with van der Waals surface area (Å²) in [6.07, 6.45) is 6.22. The van der Waals surface area contributed by atoms with Crippen molar-refractivity contribution in [2.45, 2.75) is 32.9 Å². The van der Waals surface area contributed by atoms with Crippen LogP contribution in [0.25, 0.3) is 16.9 Å². The molecule has 0 fully saturated rings. The molecule has 0 saturated heterocycles. The van der Waals surface area contributed by atoms with E-state index in [1.807, 2.05) is 59.1 Å². The Labute approximate surface area is 189 Å². The summed E-state index contributed by atoms with van der Waals surface area (Å²) in [5.74, 6) is 0.498. The summed E-state index contributed by atoms with van der Waals surface area (Å²) >= 11 is 1.54. The van der Waals surface area contributed by atoms with Crippen LogP contribution < -0.4 is 10.1 Å². The maximum absolute atomic E-state index is 12.9. The van der Waals surface area contributed by atoms with Crippen molar-refractivity contribution < 1.29 is 9.53 Å². The second kappa shape index (κ2) is 8.58. The van der Waals surface area contributed by atoms with Gasteiger partial charge in [-0.3, -0.25) is 0 Å². The number of ether oxygens (including phenoxy) is 1. The normalized spacial score (nSPS) is 17.0. The molecular formula is C23H24N6O2S. The number of fused-ring (bicyclic) bond motifs is 9. The van der Waals surface area contributed by atoms with E-state index in [1.54, 1.807) is 17.5 Å². The summed E-state index contributed by atoms with van der Waals surface area (Å²) in [7, 11) is 0. The minimum atomic E-state index is -0.102. The van der Waals surface area contributed by atoms with Gasteiger partial charge in [0, 0.05) is 42.5 Å². The van der Waals surface area contributed by atoms with E-state index in [9.17, 15) is 4.79 Å². The van der Waals surface area contributed by atoms with Crippen LogP contribution in [0.1, 0.15) is 36.2 Å². The lowest BCUT2D eigenvalue weighted by Crippen LogP contribution is -2.41. The smallest absolute Gasteiger partial charge is 0.318 e. The van der Waals surface area contributed by atoms with E-state index in [0.29, 0.717) is 37.6 Å². The number of urea groups is 1. The molecule has 0 spiro atoms. The van der Waals surface area contributed by atoms with Crippen molar-refractivity contribution in [3.8, 4) is 17.1 Å². The zero-order valence-corrected chi connectivity index (χ0v) is 18.8. The van der Waals surface area contributed by atoms with Gasteiger partial charge in [-0.1, -0.05) is 18.2 Å². The van der Waals surface area contributed by atoms with E-state index < -0.39 is 0 Å². The Bertz CT molecular complexity index is 1270. The lowest BCUT2D eigenvalue weighted by molar-refractivity contribution is 0.182. The number of amides is 2. The molecule has 1 aromatic carbocycles. The van der Waals surface area contributed by atoms with Crippen molar-refractivity contribution in [2.24, 2.45) is 0 Å². The number of nitrogens with zero attached hydrogens (tertiary/aromatic N) is 5. The fourth-order valence-electron chi connectivity index (χ4n) is 3.92. The van der Waals surface area contributed by atoms with E-state index in [2.05, 4.69) is 21.4 Å². The van der Waals surface area contributed by atoms with Crippen LogP contribution in [0.2, 0.25) is 0 Å². The van der Waals surface area contributed by atoms with Crippen LogP contribution in [0.4, 0.5) is 4.79 Å². The first kappa shape index (κ1) is 20.4. The first-order chi connectivity index (χ1) is 15.6. The number of hydrogen-bond acceptors (Lipinski definition) is 6. The maximum atomic E-state index is 12.9. The van der Waals surface area contributed by atoms with Gasteiger partial charge in [0.15, 0.2) is 0 Å². The van der Waals surface area contributed by atoms with Crippen LogP contribution in [0.5, 0.6) is 5.88 Å². The Hall–Kier alpha value is -3.46. The number of carbonyl (C=O) groups is 1. The number of nitrogens with one attached hydrogen (secondary N) is 1. The van der Waals surface area contributed by atoms with Gasteiger partial charge in [0.25, 0.3) is 5.88 Å². The van der Waals surface area contributed by atoms with Crippen LogP contribution >= 0.6 is 11.3 Å². The summed E-state index contributed by atoms with van der Waals surface area (Å²) in [6.45, 7) is 5.47. The van der Waals surface area contributed by atoms with Crippen molar-refractivity contribution in [3.63, 3.8) is 0 Å². The zero-order valence-electron chi connectivity index (χ0n) is 18.0. The number of rotatable bonds is 1. The number of carbonyl (C=O) groups excluding carboxylic acids is 1. The van der Waals surface area contributed by atoms with Gasteiger partial charge < -0.3 is 19.4 Å². The molecule has 8 nitrogen and oxygen atoms in total. The number of benzene rings is 1. The molecule has 9 heteroatoms. The SMILES string of the molecule is CCN1C(=O)NCc2nc(cs2)CCOc2nc(cn3ccnc23)-c2cccc(c2)[C@H]1C. The molecule has 32 heavy (non-hydrogen) atoms. The van der Waals surface area contributed by atoms with Gasteiger partial charge in [-0.05, 0) is 25.5 Å². The minimum Gasteiger partial charge on any atom is -0.475 e. The van der Waals surface area contributed by atoms with E-state index in [0.717, 1.165) is 27.5 Å². The highest BCUT2D eigenvalue weighted by molar-refractivity contribution is 7.09. The molecular weight excluding hydrogens is 424 g/mol. The van der Waals surface area contributed by atoms with Crippen molar-refractivity contribution >= 4 is 23.0 Å². The second-order valence-corrected chi connectivity index (χ2v) is 8.61. The van der Waals surface area contributed by atoms with Gasteiger partial charge in [0.05, 0.1) is 30.6 Å². The maximum Gasteiger partial charge on any atom is 0.318 e. The summed E-state index contributed by atoms with van der Waals surface area (Å²) in [5, 5.41) is 5.90. The average Bonchev–Trinajstić information content (AvgIpc) is 3.47. The number of aromatic nitrogens is 4. The molecule has 0 aliphatic carbocycles. The molecule has 3 aromatic heterocycles. The molecule has 164 valence electrons. The number of hydrogen-bond donors (Lipinski definition) is 1. The van der Waals surface area contributed by atoms with Crippen LogP contribution in [-0.2, 0) is 13.0 Å². The Kier molecular flexibility index (Phi) is 5.48. The van der Waals surface area contributed by atoms with Crippen molar-refractivity contribution in [2.75, 3.05) is 13.2 Å². The first-order valence-corrected chi connectivity index (χ1v) is 11.5. The topological polar surface area (TPSA) is 84.7 Å². The summed E-state index contributed by atoms with van der Waals surface area (Å²) < 4.78 is 7.97. The molecule has 6 bridgehead atoms. The number of imidazole rings is 1. The highest BCUT2D eigenvalue weighted by Crippen LogP contribution is 2.28. The van der Waals surface area contributed by atoms with Gasteiger partial charge in [-0.15, -0.1) is 11.3 Å². The molecule has 4 heterocycles. The molecule has 2 amide bonds. The average molecular weight is 449 g/mol.